The Morgan fingerprint density at radius 1 is 1.43 bits per heavy atom. The lowest BCUT2D eigenvalue weighted by molar-refractivity contribution is -0.184. The van der Waals surface area contributed by atoms with Crippen molar-refractivity contribution >= 4 is 28.7 Å². The summed E-state index contributed by atoms with van der Waals surface area (Å²) < 4.78 is 11.4. The molecule has 1 unspecified atom stereocenters. The van der Waals surface area contributed by atoms with E-state index in [0.29, 0.717) is 17.6 Å². The molecule has 3 heterocycles. The molecule has 1 fully saturated rings. The summed E-state index contributed by atoms with van der Waals surface area (Å²) in [4.78, 5) is 15.4. The van der Waals surface area contributed by atoms with Crippen LogP contribution in [0.4, 0.5) is 5.95 Å². The average molecular weight is 312 g/mol. The van der Waals surface area contributed by atoms with Gasteiger partial charge in [0.15, 0.2) is 17.1 Å². The van der Waals surface area contributed by atoms with Gasteiger partial charge in [-0.3, -0.25) is 0 Å². The van der Waals surface area contributed by atoms with Gasteiger partial charge in [0.2, 0.25) is 5.95 Å². The van der Waals surface area contributed by atoms with Gasteiger partial charge in [0, 0.05) is 13.0 Å². The summed E-state index contributed by atoms with van der Waals surface area (Å²) >= 11 is 6.01. The molecule has 1 aliphatic rings. The predicted molar refractivity (Wildman–Crippen MR) is 78.9 cm³/mol. The van der Waals surface area contributed by atoms with Gasteiger partial charge in [0.05, 0.1) is 6.10 Å². The molecule has 0 saturated carbocycles. The molecule has 7 nitrogen and oxygen atoms in total. The molecule has 2 aromatic heterocycles. The summed E-state index contributed by atoms with van der Waals surface area (Å²) in [5, 5.41) is 0.278. The van der Waals surface area contributed by atoms with E-state index in [9.17, 15) is 0 Å². The Bertz CT molecular complexity index is 626. The van der Waals surface area contributed by atoms with E-state index >= 15 is 0 Å². The highest BCUT2D eigenvalue weighted by Crippen LogP contribution is 2.20. The summed E-state index contributed by atoms with van der Waals surface area (Å²) in [5.74, 6) is 0.862. The van der Waals surface area contributed by atoms with Crippen LogP contribution >= 0.6 is 11.6 Å². The van der Waals surface area contributed by atoms with Crippen molar-refractivity contribution in [3.05, 3.63) is 11.0 Å². The summed E-state index contributed by atoms with van der Waals surface area (Å²) in [6, 6.07) is 0. The molecule has 1 aliphatic heterocycles. The highest BCUT2D eigenvalue weighted by atomic mass is 35.5. The zero-order chi connectivity index (χ0) is 14.8. The first kappa shape index (κ1) is 14.5. The standard InChI is InChI=1S/C13H18ClN5O2/c1-7(21-9-4-2-3-5-20-9)6-8-16-10-11(14)18-13(15)19-12(10)17-8/h7,9H,2-6H2,1H3,(H3,15,16,17,18,19)/t7?,9-/m1/s1. The van der Waals surface area contributed by atoms with Crippen LogP contribution in [0.5, 0.6) is 0 Å². The second-order valence-electron chi connectivity index (χ2n) is 5.20. The highest BCUT2D eigenvalue weighted by Gasteiger charge is 2.19. The average Bonchev–Trinajstić information content (AvgIpc) is 2.82. The van der Waals surface area contributed by atoms with E-state index in [4.69, 9.17) is 26.8 Å². The zero-order valence-corrected chi connectivity index (χ0v) is 12.6. The minimum absolute atomic E-state index is 0.0160. The first-order valence-corrected chi connectivity index (χ1v) is 7.44. The van der Waals surface area contributed by atoms with Crippen molar-refractivity contribution < 1.29 is 9.47 Å². The molecule has 21 heavy (non-hydrogen) atoms. The molecule has 0 aliphatic carbocycles. The topological polar surface area (TPSA) is 98.9 Å². The van der Waals surface area contributed by atoms with E-state index < -0.39 is 0 Å². The van der Waals surface area contributed by atoms with Gasteiger partial charge in [-0.25, -0.2) is 4.98 Å². The number of fused-ring (bicyclic) bond motifs is 1. The van der Waals surface area contributed by atoms with E-state index in [1.165, 1.54) is 0 Å². The van der Waals surface area contributed by atoms with Gasteiger partial charge in [-0.05, 0) is 26.2 Å². The van der Waals surface area contributed by atoms with E-state index in [0.717, 1.165) is 31.7 Å². The normalized spacial score (nSPS) is 20.8. The Balaban J connectivity index is 1.68. The lowest BCUT2D eigenvalue weighted by Gasteiger charge is -2.25. The fourth-order valence-electron chi connectivity index (χ4n) is 2.42. The predicted octanol–water partition coefficient (Wildman–Crippen LogP) is 2.06. The van der Waals surface area contributed by atoms with E-state index in [1.54, 1.807) is 0 Å². The fourth-order valence-corrected chi connectivity index (χ4v) is 2.64. The van der Waals surface area contributed by atoms with Crippen LogP contribution in [-0.4, -0.2) is 38.9 Å². The number of nitrogens with two attached hydrogens (primary N) is 1. The molecule has 0 aromatic carbocycles. The summed E-state index contributed by atoms with van der Waals surface area (Å²) in [7, 11) is 0. The molecular weight excluding hydrogens is 294 g/mol. The van der Waals surface area contributed by atoms with Gasteiger partial charge < -0.3 is 20.2 Å². The van der Waals surface area contributed by atoms with Crippen LogP contribution in [-0.2, 0) is 15.9 Å². The van der Waals surface area contributed by atoms with Crippen LogP contribution in [0, 0.1) is 0 Å². The van der Waals surface area contributed by atoms with Gasteiger partial charge in [0.25, 0.3) is 0 Å². The SMILES string of the molecule is CC(Cc1nc2nc(N)nc(Cl)c2[nH]1)O[C@@H]1CCCCO1. The van der Waals surface area contributed by atoms with E-state index in [-0.39, 0.29) is 23.5 Å². The Morgan fingerprint density at radius 3 is 3.05 bits per heavy atom. The highest BCUT2D eigenvalue weighted by molar-refractivity contribution is 6.33. The largest absolute Gasteiger partial charge is 0.368 e. The van der Waals surface area contributed by atoms with Crippen LogP contribution in [0.2, 0.25) is 5.15 Å². The molecule has 3 rings (SSSR count). The minimum atomic E-state index is -0.114. The van der Waals surface area contributed by atoms with Crippen molar-refractivity contribution in [1.29, 1.82) is 0 Å². The molecule has 0 spiro atoms. The molecule has 0 radical (unpaired) electrons. The third-order valence-corrected chi connectivity index (χ3v) is 3.65. The number of anilines is 1. The number of halogens is 1. The molecule has 2 aromatic rings. The number of nitrogen functional groups attached to an aromatic ring is 1. The van der Waals surface area contributed by atoms with Crippen molar-refractivity contribution in [2.24, 2.45) is 0 Å². The van der Waals surface area contributed by atoms with Crippen LogP contribution in [0.3, 0.4) is 0 Å². The molecule has 8 heteroatoms. The monoisotopic (exact) mass is 311 g/mol. The first-order chi connectivity index (χ1) is 10.1. The molecule has 0 bridgehead atoms. The molecule has 3 N–H and O–H groups in total. The number of aromatic nitrogens is 4. The number of aromatic amines is 1. The number of ether oxygens (including phenoxy) is 2. The summed E-state index contributed by atoms with van der Waals surface area (Å²) in [6.45, 7) is 2.76. The van der Waals surface area contributed by atoms with Crippen LogP contribution < -0.4 is 5.73 Å². The van der Waals surface area contributed by atoms with Gasteiger partial charge >= 0.3 is 0 Å². The van der Waals surface area contributed by atoms with Gasteiger partial charge in [0.1, 0.15) is 11.3 Å². The Kier molecular flexibility index (Phi) is 4.23. The summed E-state index contributed by atoms with van der Waals surface area (Å²) in [5.41, 5.74) is 6.63. The second-order valence-corrected chi connectivity index (χ2v) is 5.56. The number of nitrogens with zero attached hydrogens (tertiary/aromatic N) is 3. The number of hydrogen-bond donors (Lipinski definition) is 2. The molecule has 114 valence electrons. The first-order valence-electron chi connectivity index (χ1n) is 7.06. The number of hydrogen-bond acceptors (Lipinski definition) is 6. The molecule has 0 amide bonds. The van der Waals surface area contributed by atoms with E-state index in [2.05, 4.69) is 19.9 Å². The van der Waals surface area contributed by atoms with Gasteiger partial charge in [-0.1, -0.05) is 11.6 Å². The van der Waals surface area contributed by atoms with Gasteiger partial charge in [-0.2, -0.15) is 9.97 Å². The van der Waals surface area contributed by atoms with E-state index in [1.807, 2.05) is 6.92 Å². The third-order valence-electron chi connectivity index (χ3n) is 3.38. The Hall–Kier alpha value is -1.44. The molecule has 2 atom stereocenters. The van der Waals surface area contributed by atoms with Crippen molar-refractivity contribution in [2.45, 2.75) is 45.0 Å². The van der Waals surface area contributed by atoms with Crippen LogP contribution in [0.25, 0.3) is 11.2 Å². The van der Waals surface area contributed by atoms with Crippen molar-refractivity contribution in [2.75, 3.05) is 12.3 Å². The number of nitrogens with one attached hydrogen (secondary N) is 1. The number of imidazole rings is 1. The smallest absolute Gasteiger partial charge is 0.223 e. The van der Waals surface area contributed by atoms with Crippen molar-refractivity contribution in [3.63, 3.8) is 0 Å². The maximum atomic E-state index is 6.01. The maximum Gasteiger partial charge on any atom is 0.223 e. The summed E-state index contributed by atoms with van der Waals surface area (Å²) in [6.07, 6.45) is 3.68. The quantitative estimate of drug-likeness (QED) is 0.839. The zero-order valence-electron chi connectivity index (χ0n) is 11.8. The maximum absolute atomic E-state index is 6.01. The van der Waals surface area contributed by atoms with Crippen molar-refractivity contribution in [1.82, 2.24) is 19.9 Å². The Morgan fingerprint density at radius 2 is 2.29 bits per heavy atom. The lowest BCUT2D eigenvalue weighted by Crippen LogP contribution is -2.27. The number of rotatable bonds is 4. The third kappa shape index (κ3) is 3.42. The fraction of sp³-hybridized carbons (Fsp3) is 0.615. The van der Waals surface area contributed by atoms with Crippen molar-refractivity contribution in [3.8, 4) is 0 Å². The molecular formula is C13H18ClN5O2. The number of H-pyrrole nitrogens is 1. The Labute approximate surface area is 127 Å². The molecule has 1 saturated heterocycles. The lowest BCUT2D eigenvalue weighted by atomic mass is 10.2. The van der Waals surface area contributed by atoms with Crippen LogP contribution in [0.15, 0.2) is 0 Å². The van der Waals surface area contributed by atoms with Gasteiger partial charge in [-0.15, -0.1) is 0 Å². The second kappa shape index (κ2) is 6.13. The van der Waals surface area contributed by atoms with Crippen LogP contribution in [0.1, 0.15) is 32.0 Å². The minimum Gasteiger partial charge on any atom is -0.368 e.